The Kier molecular flexibility index (Phi) is 6.82. The first-order valence-electron chi connectivity index (χ1n) is 10.8. The molecular weight excluding hydrogens is 406 g/mol. The fraction of sp³-hybridized carbons (Fsp3) is 0.346. The largest absolute Gasteiger partial charge is 0.503 e. The molecule has 0 saturated carbocycles. The number of Topliss-reactive ketones (excluding diaryl/α,β-unsaturated/α-hetero) is 1. The number of aliphatic hydroxyl groups is 1. The van der Waals surface area contributed by atoms with Crippen LogP contribution in [0.2, 0.25) is 0 Å². The highest BCUT2D eigenvalue weighted by Gasteiger charge is 2.44. The van der Waals surface area contributed by atoms with Crippen LogP contribution in [0, 0.1) is 12.8 Å². The number of nitrogens with zero attached hydrogens (tertiary/aromatic N) is 1. The predicted molar refractivity (Wildman–Crippen MR) is 122 cm³/mol. The molecule has 0 spiro atoms. The Bertz CT molecular complexity index is 1070. The molecule has 0 fully saturated rings. The van der Waals surface area contributed by atoms with Crippen LogP contribution in [-0.4, -0.2) is 28.9 Å². The van der Waals surface area contributed by atoms with Crippen LogP contribution in [0.25, 0.3) is 0 Å². The zero-order valence-corrected chi connectivity index (χ0v) is 19.1. The van der Waals surface area contributed by atoms with Gasteiger partial charge < -0.3 is 9.84 Å². The van der Waals surface area contributed by atoms with Gasteiger partial charge in [-0.1, -0.05) is 55.8 Å². The van der Waals surface area contributed by atoms with Gasteiger partial charge in [-0.05, 0) is 44.0 Å². The summed E-state index contributed by atoms with van der Waals surface area (Å²) in [4.78, 5) is 39.4. The summed E-state index contributed by atoms with van der Waals surface area (Å²) in [6.45, 7) is 9.01. The summed E-state index contributed by atoms with van der Waals surface area (Å²) in [5.74, 6) is -2.10. The highest BCUT2D eigenvalue weighted by Crippen LogP contribution is 2.42. The average Bonchev–Trinajstić information content (AvgIpc) is 2.98. The van der Waals surface area contributed by atoms with Gasteiger partial charge in [0.2, 0.25) is 0 Å². The van der Waals surface area contributed by atoms with Crippen LogP contribution in [-0.2, 0) is 25.5 Å². The Morgan fingerprint density at radius 2 is 1.72 bits per heavy atom. The van der Waals surface area contributed by atoms with E-state index in [1.165, 1.54) is 4.90 Å². The normalized spacial score (nSPS) is 16.3. The van der Waals surface area contributed by atoms with Crippen LogP contribution in [0.1, 0.15) is 50.4 Å². The minimum absolute atomic E-state index is 0.111. The Labute approximate surface area is 188 Å². The molecule has 2 aromatic rings. The van der Waals surface area contributed by atoms with Crippen LogP contribution in [0.4, 0.5) is 5.69 Å². The topological polar surface area (TPSA) is 83.9 Å². The number of anilines is 1. The molecule has 1 heterocycles. The van der Waals surface area contributed by atoms with Crippen molar-refractivity contribution in [1.82, 2.24) is 0 Å². The molecule has 0 aliphatic carbocycles. The summed E-state index contributed by atoms with van der Waals surface area (Å²) in [5.41, 5.74) is 3.11. The number of aryl methyl sites for hydroxylation is 1. The lowest BCUT2D eigenvalue weighted by Crippen LogP contribution is -2.31. The molecule has 1 unspecified atom stereocenters. The highest BCUT2D eigenvalue weighted by molar-refractivity contribution is 6.16. The number of aliphatic hydroxyl groups excluding tert-OH is 1. The van der Waals surface area contributed by atoms with E-state index in [0.717, 1.165) is 16.7 Å². The molecule has 168 valence electrons. The van der Waals surface area contributed by atoms with Crippen LogP contribution in [0.15, 0.2) is 59.9 Å². The summed E-state index contributed by atoms with van der Waals surface area (Å²) >= 11 is 0. The summed E-state index contributed by atoms with van der Waals surface area (Å²) < 4.78 is 5.18. The minimum atomic E-state index is -0.728. The second kappa shape index (κ2) is 9.39. The van der Waals surface area contributed by atoms with Crippen molar-refractivity contribution in [3.8, 4) is 0 Å². The monoisotopic (exact) mass is 435 g/mol. The van der Waals surface area contributed by atoms with Gasteiger partial charge in [-0.25, -0.2) is 0 Å². The van der Waals surface area contributed by atoms with Gasteiger partial charge in [-0.15, -0.1) is 0 Å². The number of ketones is 1. The molecule has 1 atom stereocenters. The molecule has 0 saturated heterocycles. The number of ether oxygens (including phenoxy) is 1. The van der Waals surface area contributed by atoms with Gasteiger partial charge in [0.05, 0.1) is 24.1 Å². The molecule has 1 amide bonds. The van der Waals surface area contributed by atoms with E-state index < -0.39 is 17.7 Å². The zero-order chi connectivity index (χ0) is 23.6. The third-order valence-electron chi connectivity index (χ3n) is 5.29. The highest BCUT2D eigenvalue weighted by atomic mass is 16.5. The van der Waals surface area contributed by atoms with Crippen molar-refractivity contribution in [3.05, 3.63) is 76.6 Å². The maximum Gasteiger partial charge on any atom is 0.310 e. The van der Waals surface area contributed by atoms with Crippen LogP contribution in [0.3, 0.4) is 0 Å². The number of carbonyl (C=O) groups is 3. The zero-order valence-electron chi connectivity index (χ0n) is 19.1. The fourth-order valence-corrected chi connectivity index (χ4v) is 3.84. The van der Waals surface area contributed by atoms with E-state index in [4.69, 9.17) is 4.74 Å². The summed E-state index contributed by atoms with van der Waals surface area (Å²) in [7, 11) is 0. The molecule has 6 heteroatoms. The van der Waals surface area contributed by atoms with Crippen molar-refractivity contribution in [2.24, 2.45) is 5.92 Å². The molecule has 6 nitrogen and oxygen atoms in total. The van der Waals surface area contributed by atoms with Gasteiger partial charge in [0.15, 0.2) is 11.5 Å². The third kappa shape index (κ3) is 4.74. The molecule has 2 aromatic carbocycles. The lowest BCUT2D eigenvalue weighted by molar-refractivity contribution is -0.146. The third-order valence-corrected chi connectivity index (χ3v) is 5.29. The molecule has 3 rings (SSSR count). The van der Waals surface area contributed by atoms with E-state index in [-0.39, 0.29) is 35.8 Å². The molecule has 1 aliphatic rings. The summed E-state index contributed by atoms with van der Waals surface area (Å²) in [6, 6.07) is 13.8. The number of hydrogen-bond acceptors (Lipinski definition) is 5. The maximum absolute atomic E-state index is 13.1. The SMILES string of the molecule is Cc1cccc(C2C(C(=O)C(C)C)=C(O)C(=O)N2c2ccc(CC(=O)OC(C)C)cc2)c1. The first-order valence-corrected chi connectivity index (χ1v) is 10.8. The van der Waals surface area contributed by atoms with Crippen molar-refractivity contribution in [2.45, 2.75) is 53.2 Å². The number of carbonyl (C=O) groups excluding carboxylic acids is 3. The standard InChI is InChI=1S/C26H29NO5/c1-15(2)24(29)22-23(19-8-6-7-17(5)13-19)27(26(31)25(22)30)20-11-9-18(10-12-20)14-21(28)32-16(3)4/h6-13,15-16,23,30H,14H2,1-5H3. The first-order chi connectivity index (χ1) is 15.1. The van der Waals surface area contributed by atoms with Gasteiger partial charge in [0.25, 0.3) is 5.91 Å². The maximum atomic E-state index is 13.1. The Hall–Kier alpha value is -3.41. The molecule has 0 bridgehead atoms. The molecule has 1 aliphatic heterocycles. The van der Waals surface area contributed by atoms with Crippen molar-refractivity contribution in [1.29, 1.82) is 0 Å². The summed E-state index contributed by atoms with van der Waals surface area (Å²) in [5, 5.41) is 10.7. The fourth-order valence-electron chi connectivity index (χ4n) is 3.84. The van der Waals surface area contributed by atoms with Crippen LogP contribution in [0.5, 0.6) is 0 Å². The Morgan fingerprint density at radius 1 is 1.06 bits per heavy atom. The second-order valence-corrected chi connectivity index (χ2v) is 8.65. The van der Waals surface area contributed by atoms with E-state index in [0.29, 0.717) is 5.69 Å². The van der Waals surface area contributed by atoms with Gasteiger partial charge in [-0.3, -0.25) is 19.3 Å². The number of amides is 1. The van der Waals surface area contributed by atoms with E-state index in [2.05, 4.69) is 0 Å². The summed E-state index contributed by atoms with van der Waals surface area (Å²) in [6.07, 6.45) is -0.0704. The average molecular weight is 436 g/mol. The molecular formula is C26H29NO5. The minimum Gasteiger partial charge on any atom is -0.503 e. The predicted octanol–water partition coefficient (Wildman–Crippen LogP) is 4.61. The molecule has 1 N–H and O–H groups in total. The van der Waals surface area contributed by atoms with E-state index in [9.17, 15) is 19.5 Å². The van der Waals surface area contributed by atoms with Crippen molar-refractivity contribution in [3.63, 3.8) is 0 Å². The Balaban J connectivity index is 2.00. The number of rotatable bonds is 7. The van der Waals surface area contributed by atoms with E-state index >= 15 is 0 Å². The molecule has 0 radical (unpaired) electrons. The van der Waals surface area contributed by atoms with Gasteiger partial charge >= 0.3 is 5.97 Å². The number of benzene rings is 2. The number of esters is 1. The van der Waals surface area contributed by atoms with Crippen molar-refractivity contribution in [2.75, 3.05) is 4.90 Å². The quantitative estimate of drug-likeness (QED) is 0.642. The van der Waals surface area contributed by atoms with Crippen LogP contribution >= 0.6 is 0 Å². The van der Waals surface area contributed by atoms with E-state index in [1.807, 2.05) is 31.2 Å². The van der Waals surface area contributed by atoms with Gasteiger partial charge in [-0.2, -0.15) is 0 Å². The van der Waals surface area contributed by atoms with Crippen molar-refractivity contribution >= 4 is 23.3 Å². The van der Waals surface area contributed by atoms with Gasteiger partial charge in [0.1, 0.15) is 0 Å². The second-order valence-electron chi connectivity index (χ2n) is 8.65. The van der Waals surface area contributed by atoms with Gasteiger partial charge in [0, 0.05) is 11.6 Å². The van der Waals surface area contributed by atoms with Crippen LogP contribution < -0.4 is 4.90 Å². The molecule has 32 heavy (non-hydrogen) atoms. The smallest absolute Gasteiger partial charge is 0.310 e. The Morgan fingerprint density at radius 3 is 2.28 bits per heavy atom. The lowest BCUT2D eigenvalue weighted by Gasteiger charge is -2.27. The first kappa shape index (κ1) is 23.3. The molecule has 0 aromatic heterocycles. The lowest BCUT2D eigenvalue weighted by atomic mass is 9.90. The van der Waals surface area contributed by atoms with Crippen molar-refractivity contribution < 1.29 is 24.2 Å². The number of hydrogen-bond donors (Lipinski definition) is 1. The van der Waals surface area contributed by atoms with E-state index in [1.54, 1.807) is 52.0 Å².